The van der Waals surface area contributed by atoms with Gasteiger partial charge in [0.1, 0.15) is 11.9 Å². The first-order chi connectivity index (χ1) is 8.08. The lowest BCUT2D eigenvalue weighted by Gasteiger charge is -2.16. The molecule has 17 heavy (non-hydrogen) atoms. The molecule has 1 aromatic rings. The lowest BCUT2D eigenvalue weighted by atomic mass is 10.2. The number of rotatable bonds is 5. The second-order valence-electron chi connectivity index (χ2n) is 3.51. The number of oxime groups is 1. The summed E-state index contributed by atoms with van der Waals surface area (Å²) in [6.07, 6.45) is -0.125. The number of amidine groups is 1. The average Bonchev–Trinajstić information content (AvgIpc) is 2.28. The fourth-order valence-corrected chi connectivity index (χ4v) is 1.68. The lowest BCUT2D eigenvalue weighted by Crippen LogP contribution is -2.21. The highest BCUT2D eigenvalue weighted by atomic mass is 79.9. The zero-order valence-corrected chi connectivity index (χ0v) is 11.3. The van der Waals surface area contributed by atoms with Gasteiger partial charge in [0.25, 0.3) is 0 Å². The highest BCUT2D eigenvalue weighted by molar-refractivity contribution is 9.10. The van der Waals surface area contributed by atoms with E-state index in [1.54, 1.807) is 25.3 Å². The minimum absolute atomic E-state index is 0.0112. The van der Waals surface area contributed by atoms with Crippen LogP contribution in [0.2, 0.25) is 0 Å². The van der Waals surface area contributed by atoms with E-state index in [4.69, 9.17) is 20.4 Å². The van der Waals surface area contributed by atoms with Gasteiger partial charge in [0.05, 0.1) is 12.2 Å². The molecule has 1 aromatic carbocycles. The number of hydrogen-bond donors (Lipinski definition) is 2. The van der Waals surface area contributed by atoms with Crippen molar-refractivity contribution in [2.45, 2.75) is 13.0 Å². The predicted molar refractivity (Wildman–Crippen MR) is 68.6 cm³/mol. The first-order valence-corrected chi connectivity index (χ1v) is 5.80. The van der Waals surface area contributed by atoms with Crippen molar-refractivity contribution in [1.29, 1.82) is 0 Å². The standard InChI is InChI=1S/C11H15BrN2O3/c1-7(6-16-2)17-10-5-8(12)3-4-9(10)11(13)14-15/h3-5,7,15H,6H2,1-2H3,(H2,13,14). The van der Waals surface area contributed by atoms with Crippen LogP contribution in [0, 0.1) is 0 Å². The van der Waals surface area contributed by atoms with Crippen LogP contribution in [0.25, 0.3) is 0 Å². The Labute approximate surface area is 108 Å². The van der Waals surface area contributed by atoms with E-state index in [1.807, 2.05) is 6.92 Å². The largest absolute Gasteiger partial charge is 0.488 e. The van der Waals surface area contributed by atoms with Gasteiger partial charge >= 0.3 is 0 Å². The Morgan fingerprint density at radius 3 is 2.88 bits per heavy atom. The van der Waals surface area contributed by atoms with Crippen LogP contribution in [0.3, 0.4) is 0 Å². The monoisotopic (exact) mass is 302 g/mol. The van der Waals surface area contributed by atoms with Crippen LogP contribution in [-0.4, -0.2) is 30.9 Å². The zero-order chi connectivity index (χ0) is 12.8. The van der Waals surface area contributed by atoms with Crippen molar-refractivity contribution < 1.29 is 14.7 Å². The van der Waals surface area contributed by atoms with Crippen LogP contribution >= 0.6 is 15.9 Å². The average molecular weight is 303 g/mol. The quantitative estimate of drug-likeness (QED) is 0.377. The third kappa shape index (κ3) is 3.90. The fourth-order valence-electron chi connectivity index (χ4n) is 1.34. The van der Waals surface area contributed by atoms with Gasteiger partial charge in [-0.25, -0.2) is 0 Å². The van der Waals surface area contributed by atoms with E-state index in [0.29, 0.717) is 17.9 Å². The molecule has 6 heteroatoms. The summed E-state index contributed by atoms with van der Waals surface area (Å²) < 4.78 is 11.5. The summed E-state index contributed by atoms with van der Waals surface area (Å²) in [7, 11) is 1.60. The van der Waals surface area contributed by atoms with Crippen molar-refractivity contribution >= 4 is 21.8 Å². The minimum Gasteiger partial charge on any atom is -0.488 e. The number of ether oxygens (including phenoxy) is 2. The van der Waals surface area contributed by atoms with Gasteiger partial charge in [-0.2, -0.15) is 0 Å². The molecule has 0 aliphatic heterocycles. The first-order valence-electron chi connectivity index (χ1n) is 5.01. The second kappa shape index (κ2) is 6.46. The summed E-state index contributed by atoms with van der Waals surface area (Å²) in [6.45, 7) is 2.34. The summed E-state index contributed by atoms with van der Waals surface area (Å²) in [5, 5.41) is 11.7. The Hall–Kier alpha value is -1.27. The first kappa shape index (κ1) is 13.8. The van der Waals surface area contributed by atoms with Crippen LogP contribution in [0.15, 0.2) is 27.8 Å². The van der Waals surface area contributed by atoms with Crippen molar-refractivity contribution in [3.8, 4) is 5.75 Å². The van der Waals surface area contributed by atoms with E-state index < -0.39 is 0 Å². The van der Waals surface area contributed by atoms with Gasteiger partial charge in [-0.05, 0) is 25.1 Å². The molecule has 0 radical (unpaired) electrons. The van der Waals surface area contributed by atoms with Gasteiger partial charge < -0.3 is 20.4 Å². The Balaban J connectivity index is 2.99. The molecule has 5 nitrogen and oxygen atoms in total. The zero-order valence-electron chi connectivity index (χ0n) is 9.68. The van der Waals surface area contributed by atoms with Gasteiger partial charge in [-0.3, -0.25) is 0 Å². The van der Waals surface area contributed by atoms with E-state index in [2.05, 4.69) is 21.1 Å². The van der Waals surface area contributed by atoms with Gasteiger partial charge in [0.2, 0.25) is 0 Å². The van der Waals surface area contributed by atoms with Crippen LogP contribution in [0.4, 0.5) is 0 Å². The molecular weight excluding hydrogens is 288 g/mol. The van der Waals surface area contributed by atoms with Crippen LogP contribution in [0.1, 0.15) is 12.5 Å². The Morgan fingerprint density at radius 1 is 1.59 bits per heavy atom. The Morgan fingerprint density at radius 2 is 2.29 bits per heavy atom. The maximum absolute atomic E-state index is 8.69. The highest BCUT2D eigenvalue weighted by Gasteiger charge is 2.12. The molecule has 0 saturated heterocycles. The van der Waals surface area contributed by atoms with E-state index in [9.17, 15) is 0 Å². The summed E-state index contributed by atoms with van der Waals surface area (Å²) in [5.41, 5.74) is 6.11. The third-order valence-electron chi connectivity index (χ3n) is 2.06. The van der Waals surface area contributed by atoms with E-state index >= 15 is 0 Å². The number of nitrogens with zero attached hydrogens (tertiary/aromatic N) is 1. The van der Waals surface area contributed by atoms with Crippen LogP contribution in [0.5, 0.6) is 5.75 Å². The number of nitrogens with two attached hydrogens (primary N) is 1. The van der Waals surface area contributed by atoms with E-state index in [-0.39, 0.29) is 11.9 Å². The number of methoxy groups -OCH3 is 1. The lowest BCUT2D eigenvalue weighted by molar-refractivity contribution is 0.0919. The molecule has 94 valence electrons. The van der Waals surface area contributed by atoms with Gasteiger partial charge in [0, 0.05) is 11.6 Å². The molecule has 1 atom stereocenters. The summed E-state index contributed by atoms with van der Waals surface area (Å²) in [6, 6.07) is 5.27. The van der Waals surface area contributed by atoms with Crippen molar-refractivity contribution in [3.63, 3.8) is 0 Å². The van der Waals surface area contributed by atoms with Crippen molar-refractivity contribution in [2.24, 2.45) is 10.9 Å². The Kier molecular flexibility index (Phi) is 5.24. The molecule has 0 heterocycles. The number of halogens is 1. The fraction of sp³-hybridized carbons (Fsp3) is 0.364. The van der Waals surface area contributed by atoms with Crippen molar-refractivity contribution in [1.82, 2.24) is 0 Å². The SMILES string of the molecule is COCC(C)Oc1cc(Br)ccc1/C(N)=N/O. The predicted octanol–water partition coefficient (Wildman–Crippen LogP) is 1.96. The molecule has 0 aromatic heterocycles. The second-order valence-corrected chi connectivity index (χ2v) is 4.43. The van der Waals surface area contributed by atoms with Crippen LogP contribution in [-0.2, 0) is 4.74 Å². The van der Waals surface area contributed by atoms with Crippen LogP contribution < -0.4 is 10.5 Å². The molecule has 1 rings (SSSR count). The van der Waals surface area contributed by atoms with Crippen molar-refractivity contribution in [2.75, 3.05) is 13.7 Å². The van der Waals surface area contributed by atoms with Gasteiger partial charge in [-0.1, -0.05) is 21.1 Å². The molecule has 0 aliphatic rings. The normalized spacial score (nSPS) is 13.5. The maximum Gasteiger partial charge on any atom is 0.173 e. The summed E-state index contributed by atoms with van der Waals surface area (Å²) in [5.74, 6) is 0.552. The molecule has 0 spiro atoms. The van der Waals surface area contributed by atoms with Gasteiger partial charge in [0.15, 0.2) is 5.84 Å². The minimum atomic E-state index is -0.125. The summed E-state index contributed by atoms with van der Waals surface area (Å²) in [4.78, 5) is 0. The Bertz CT molecular complexity index is 410. The number of benzene rings is 1. The third-order valence-corrected chi connectivity index (χ3v) is 2.55. The maximum atomic E-state index is 8.69. The van der Waals surface area contributed by atoms with E-state index in [0.717, 1.165) is 4.47 Å². The molecule has 0 bridgehead atoms. The molecule has 0 fully saturated rings. The topological polar surface area (TPSA) is 77.1 Å². The van der Waals surface area contributed by atoms with Crippen molar-refractivity contribution in [3.05, 3.63) is 28.2 Å². The van der Waals surface area contributed by atoms with Gasteiger partial charge in [-0.15, -0.1) is 0 Å². The summed E-state index contributed by atoms with van der Waals surface area (Å²) >= 11 is 3.34. The molecule has 3 N–H and O–H groups in total. The molecule has 0 amide bonds. The molecular formula is C11H15BrN2O3. The van der Waals surface area contributed by atoms with E-state index in [1.165, 1.54) is 0 Å². The molecule has 0 saturated carbocycles. The molecule has 0 aliphatic carbocycles. The number of hydrogen-bond acceptors (Lipinski definition) is 4. The molecule has 1 unspecified atom stereocenters. The highest BCUT2D eigenvalue weighted by Crippen LogP contribution is 2.24. The smallest absolute Gasteiger partial charge is 0.173 e.